The minimum atomic E-state index is -1.05. The SMILES string of the molecule is O=C(O)c1cc2cc(O)ccc2n1Cc1cc2c(cc1Cl)OCO2. The van der Waals surface area contributed by atoms with Gasteiger partial charge in [0.05, 0.1) is 6.54 Å². The van der Waals surface area contributed by atoms with E-state index in [1.807, 2.05) is 0 Å². The zero-order valence-corrected chi connectivity index (χ0v) is 13.1. The van der Waals surface area contributed by atoms with Crippen molar-refractivity contribution in [2.24, 2.45) is 0 Å². The number of rotatable bonds is 3. The van der Waals surface area contributed by atoms with Crippen LogP contribution in [0.1, 0.15) is 16.1 Å². The molecule has 0 bridgehead atoms. The molecule has 1 aromatic heterocycles. The molecule has 0 amide bonds. The Bertz CT molecular complexity index is 979. The molecule has 7 heteroatoms. The summed E-state index contributed by atoms with van der Waals surface area (Å²) in [6.45, 7) is 0.395. The molecule has 0 aliphatic carbocycles. The van der Waals surface area contributed by atoms with Crippen molar-refractivity contribution in [1.29, 1.82) is 0 Å². The number of carboxylic acid groups (broad SMARTS) is 1. The highest BCUT2D eigenvalue weighted by molar-refractivity contribution is 6.31. The van der Waals surface area contributed by atoms with E-state index < -0.39 is 5.97 Å². The molecule has 0 saturated carbocycles. The molecule has 122 valence electrons. The van der Waals surface area contributed by atoms with Gasteiger partial charge in [0.2, 0.25) is 6.79 Å². The Morgan fingerprint density at radius 2 is 1.92 bits per heavy atom. The van der Waals surface area contributed by atoms with Crippen LogP contribution in [-0.2, 0) is 6.54 Å². The molecular weight excluding hydrogens is 334 g/mol. The Hall–Kier alpha value is -2.86. The van der Waals surface area contributed by atoms with Gasteiger partial charge in [0, 0.05) is 22.0 Å². The summed E-state index contributed by atoms with van der Waals surface area (Å²) in [6.07, 6.45) is 0. The van der Waals surface area contributed by atoms with Gasteiger partial charge in [-0.1, -0.05) is 11.6 Å². The fourth-order valence-corrected chi connectivity index (χ4v) is 3.07. The molecule has 0 unspecified atom stereocenters. The minimum Gasteiger partial charge on any atom is -0.508 e. The maximum atomic E-state index is 11.6. The first-order valence-electron chi connectivity index (χ1n) is 7.16. The number of aromatic carboxylic acids is 1. The number of aromatic nitrogens is 1. The maximum Gasteiger partial charge on any atom is 0.352 e. The molecule has 3 aromatic rings. The lowest BCUT2D eigenvalue weighted by Crippen LogP contribution is -2.09. The summed E-state index contributed by atoms with van der Waals surface area (Å²) in [5, 5.41) is 20.2. The van der Waals surface area contributed by atoms with Crippen LogP contribution in [0.25, 0.3) is 10.9 Å². The van der Waals surface area contributed by atoms with Gasteiger partial charge in [-0.2, -0.15) is 0 Å². The van der Waals surface area contributed by atoms with Gasteiger partial charge in [0.25, 0.3) is 0 Å². The van der Waals surface area contributed by atoms with E-state index in [1.54, 1.807) is 22.8 Å². The monoisotopic (exact) mass is 345 g/mol. The van der Waals surface area contributed by atoms with E-state index in [0.717, 1.165) is 0 Å². The van der Waals surface area contributed by atoms with Crippen LogP contribution in [0.5, 0.6) is 17.2 Å². The highest BCUT2D eigenvalue weighted by Gasteiger charge is 2.20. The maximum absolute atomic E-state index is 11.6. The third-order valence-electron chi connectivity index (χ3n) is 3.97. The fourth-order valence-electron chi connectivity index (χ4n) is 2.86. The minimum absolute atomic E-state index is 0.0812. The van der Waals surface area contributed by atoms with Crippen LogP contribution >= 0.6 is 11.6 Å². The van der Waals surface area contributed by atoms with Gasteiger partial charge in [-0.15, -0.1) is 0 Å². The standard InChI is InChI=1S/C17H12ClNO5/c18-12-6-16-15(23-8-24-16)5-10(12)7-19-13-2-1-11(20)3-9(13)4-14(19)17(21)22/h1-6,20H,7-8H2,(H,21,22). The van der Waals surface area contributed by atoms with E-state index in [4.69, 9.17) is 21.1 Å². The van der Waals surface area contributed by atoms with E-state index in [2.05, 4.69) is 0 Å². The lowest BCUT2D eigenvalue weighted by molar-refractivity contribution is 0.0686. The van der Waals surface area contributed by atoms with Crippen molar-refractivity contribution in [3.8, 4) is 17.2 Å². The molecule has 6 nitrogen and oxygen atoms in total. The molecular formula is C17H12ClNO5. The Morgan fingerprint density at radius 1 is 1.17 bits per heavy atom. The van der Waals surface area contributed by atoms with Gasteiger partial charge >= 0.3 is 5.97 Å². The quantitative estimate of drug-likeness (QED) is 0.759. The summed E-state index contributed by atoms with van der Waals surface area (Å²) in [5.74, 6) is 0.185. The second kappa shape index (κ2) is 5.35. The van der Waals surface area contributed by atoms with Crippen molar-refractivity contribution >= 4 is 28.5 Å². The first-order valence-corrected chi connectivity index (χ1v) is 7.54. The van der Waals surface area contributed by atoms with Gasteiger partial charge in [-0.05, 0) is 35.9 Å². The number of ether oxygens (including phenoxy) is 2. The zero-order chi connectivity index (χ0) is 16.8. The molecule has 1 aliphatic rings. The van der Waals surface area contributed by atoms with Crippen molar-refractivity contribution in [2.45, 2.75) is 6.54 Å². The molecule has 2 N–H and O–H groups in total. The van der Waals surface area contributed by atoms with Crippen molar-refractivity contribution < 1.29 is 24.5 Å². The third kappa shape index (κ3) is 2.32. The normalized spacial score (nSPS) is 12.7. The average molecular weight is 346 g/mol. The van der Waals surface area contributed by atoms with Crippen LogP contribution in [0.3, 0.4) is 0 Å². The first kappa shape index (κ1) is 14.7. The largest absolute Gasteiger partial charge is 0.508 e. The van der Waals surface area contributed by atoms with Crippen molar-refractivity contribution in [2.75, 3.05) is 6.79 Å². The van der Waals surface area contributed by atoms with E-state index in [9.17, 15) is 15.0 Å². The molecule has 0 spiro atoms. The summed E-state index contributed by atoms with van der Waals surface area (Å²) in [5.41, 5.74) is 1.53. The summed E-state index contributed by atoms with van der Waals surface area (Å²) in [6, 6.07) is 9.67. The van der Waals surface area contributed by atoms with Crippen molar-refractivity contribution in [3.05, 3.63) is 52.7 Å². The predicted octanol–water partition coefficient (Wildman–Crippen LogP) is 3.48. The topological polar surface area (TPSA) is 80.9 Å². The summed E-state index contributed by atoms with van der Waals surface area (Å²) in [7, 11) is 0. The predicted molar refractivity (Wildman–Crippen MR) is 87.2 cm³/mol. The zero-order valence-electron chi connectivity index (χ0n) is 12.3. The van der Waals surface area contributed by atoms with Gasteiger partial charge in [0.1, 0.15) is 11.4 Å². The number of carboxylic acids is 1. The number of carbonyl (C=O) groups is 1. The van der Waals surface area contributed by atoms with Gasteiger partial charge in [-0.25, -0.2) is 4.79 Å². The van der Waals surface area contributed by atoms with E-state index >= 15 is 0 Å². The number of halogens is 1. The smallest absolute Gasteiger partial charge is 0.352 e. The molecule has 1 aliphatic heterocycles. The Balaban J connectivity index is 1.85. The fraction of sp³-hybridized carbons (Fsp3) is 0.118. The van der Waals surface area contributed by atoms with Crippen LogP contribution in [0.4, 0.5) is 0 Å². The van der Waals surface area contributed by atoms with Gasteiger partial charge < -0.3 is 24.3 Å². The third-order valence-corrected chi connectivity index (χ3v) is 4.33. The molecule has 0 atom stereocenters. The Morgan fingerprint density at radius 3 is 2.67 bits per heavy atom. The summed E-state index contributed by atoms with van der Waals surface area (Å²) >= 11 is 6.30. The van der Waals surface area contributed by atoms with Crippen LogP contribution in [0.2, 0.25) is 5.02 Å². The molecule has 2 heterocycles. The highest BCUT2D eigenvalue weighted by Crippen LogP contribution is 2.37. The van der Waals surface area contributed by atoms with E-state index in [0.29, 0.717) is 33.0 Å². The second-order valence-corrected chi connectivity index (χ2v) is 5.87. The van der Waals surface area contributed by atoms with Gasteiger partial charge in [0.15, 0.2) is 11.5 Å². The summed E-state index contributed by atoms with van der Waals surface area (Å²) < 4.78 is 12.3. The van der Waals surface area contributed by atoms with E-state index in [1.165, 1.54) is 18.2 Å². The van der Waals surface area contributed by atoms with Gasteiger partial charge in [-0.3, -0.25) is 0 Å². The van der Waals surface area contributed by atoms with Crippen LogP contribution < -0.4 is 9.47 Å². The van der Waals surface area contributed by atoms with E-state index in [-0.39, 0.29) is 24.8 Å². The molecule has 0 radical (unpaired) electrons. The number of fused-ring (bicyclic) bond motifs is 2. The number of phenols is 1. The lowest BCUT2D eigenvalue weighted by atomic mass is 10.2. The summed E-state index contributed by atoms with van der Waals surface area (Å²) in [4.78, 5) is 11.6. The number of hydrogen-bond acceptors (Lipinski definition) is 4. The number of aromatic hydroxyl groups is 1. The molecule has 0 fully saturated rings. The molecule has 2 aromatic carbocycles. The number of hydrogen-bond donors (Lipinski definition) is 2. The number of nitrogens with zero attached hydrogens (tertiary/aromatic N) is 1. The molecule has 4 rings (SSSR count). The lowest BCUT2D eigenvalue weighted by Gasteiger charge is -2.11. The Kier molecular flexibility index (Phi) is 3.28. The average Bonchev–Trinajstić information content (AvgIpc) is 3.11. The number of phenolic OH excluding ortho intramolecular Hbond substituents is 1. The Labute approximate surface area is 141 Å². The van der Waals surface area contributed by atoms with Crippen LogP contribution in [-0.4, -0.2) is 27.5 Å². The number of benzene rings is 2. The molecule has 24 heavy (non-hydrogen) atoms. The van der Waals surface area contributed by atoms with Crippen LogP contribution in [0.15, 0.2) is 36.4 Å². The first-order chi connectivity index (χ1) is 11.5. The highest BCUT2D eigenvalue weighted by atomic mass is 35.5. The van der Waals surface area contributed by atoms with Crippen molar-refractivity contribution in [3.63, 3.8) is 0 Å². The van der Waals surface area contributed by atoms with Crippen LogP contribution in [0, 0.1) is 0 Å². The second-order valence-electron chi connectivity index (χ2n) is 5.46. The molecule has 0 saturated heterocycles. The van der Waals surface area contributed by atoms with Crippen molar-refractivity contribution in [1.82, 2.24) is 4.57 Å².